The van der Waals surface area contributed by atoms with E-state index < -0.39 is 21.8 Å². The van der Waals surface area contributed by atoms with E-state index in [0.29, 0.717) is 12.8 Å². The number of aromatic nitrogens is 2. The lowest BCUT2D eigenvalue weighted by Gasteiger charge is -2.23. The van der Waals surface area contributed by atoms with E-state index in [1.807, 2.05) is 0 Å². The van der Waals surface area contributed by atoms with Crippen molar-refractivity contribution in [2.45, 2.75) is 25.1 Å². The Morgan fingerprint density at radius 3 is 2.40 bits per heavy atom. The third-order valence-corrected chi connectivity index (χ3v) is 4.62. The Labute approximate surface area is 113 Å². The molecule has 0 aromatic carbocycles. The molecule has 6 nitrogen and oxygen atoms in total. The van der Waals surface area contributed by atoms with Crippen LogP contribution in [0.2, 0.25) is 0 Å². The van der Waals surface area contributed by atoms with Gasteiger partial charge in [-0.3, -0.25) is 0 Å². The standard InChI is InChI=1S/C10H13F3N4O2S/c11-10(12,13)9-16-7(14)5-8(17-9)15-6-1-3-20(18,19)4-2-6/h5-6H,1-4H2,(H3,14,15,16,17). The molecule has 0 unspecified atom stereocenters. The minimum Gasteiger partial charge on any atom is -0.384 e. The van der Waals surface area contributed by atoms with Gasteiger partial charge in [0, 0.05) is 12.1 Å². The largest absolute Gasteiger partial charge is 0.451 e. The molecule has 0 radical (unpaired) electrons. The first-order valence-corrected chi connectivity index (χ1v) is 7.66. The summed E-state index contributed by atoms with van der Waals surface area (Å²) in [5.41, 5.74) is 5.32. The summed E-state index contributed by atoms with van der Waals surface area (Å²) < 4.78 is 60.2. The molecule has 3 N–H and O–H groups in total. The number of rotatable bonds is 2. The molecule has 20 heavy (non-hydrogen) atoms. The molecule has 0 aliphatic carbocycles. The van der Waals surface area contributed by atoms with Crippen molar-refractivity contribution in [2.24, 2.45) is 0 Å². The van der Waals surface area contributed by atoms with Gasteiger partial charge in [-0.2, -0.15) is 13.2 Å². The van der Waals surface area contributed by atoms with Gasteiger partial charge in [0.05, 0.1) is 11.5 Å². The third-order valence-electron chi connectivity index (χ3n) is 2.91. The van der Waals surface area contributed by atoms with Crippen LogP contribution in [0.4, 0.5) is 24.8 Å². The summed E-state index contributed by atoms with van der Waals surface area (Å²) in [5, 5.41) is 2.78. The first-order valence-electron chi connectivity index (χ1n) is 5.84. The van der Waals surface area contributed by atoms with E-state index in [-0.39, 0.29) is 29.2 Å². The summed E-state index contributed by atoms with van der Waals surface area (Å²) >= 11 is 0. The van der Waals surface area contributed by atoms with Gasteiger partial charge < -0.3 is 11.1 Å². The Morgan fingerprint density at radius 1 is 1.25 bits per heavy atom. The van der Waals surface area contributed by atoms with Crippen molar-refractivity contribution in [2.75, 3.05) is 22.6 Å². The van der Waals surface area contributed by atoms with Crippen LogP contribution in [0.5, 0.6) is 0 Å². The van der Waals surface area contributed by atoms with Crippen LogP contribution in [0, 0.1) is 0 Å². The fourth-order valence-electron chi connectivity index (χ4n) is 1.91. The molecule has 1 aliphatic heterocycles. The first kappa shape index (κ1) is 14.8. The summed E-state index contributed by atoms with van der Waals surface area (Å²) in [4.78, 5) is 6.49. The first-order chi connectivity index (χ1) is 9.16. The molecule has 0 amide bonds. The maximum Gasteiger partial charge on any atom is 0.451 e. The van der Waals surface area contributed by atoms with Gasteiger partial charge in [-0.25, -0.2) is 18.4 Å². The molecule has 0 saturated carbocycles. The zero-order valence-electron chi connectivity index (χ0n) is 10.3. The van der Waals surface area contributed by atoms with Crippen molar-refractivity contribution >= 4 is 21.5 Å². The van der Waals surface area contributed by atoms with Crippen molar-refractivity contribution in [3.05, 3.63) is 11.9 Å². The quantitative estimate of drug-likeness (QED) is 0.848. The van der Waals surface area contributed by atoms with E-state index in [9.17, 15) is 21.6 Å². The minimum atomic E-state index is -4.68. The SMILES string of the molecule is Nc1cc(NC2CCS(=O)(=O)CC2)nc(C(F)(F)F)n1. The van der Waals surface area contributed by atoms with Crippen LogP contribution in [0.1, 0.15) is 18.7 Å². The van der Waals surface area contributed by atoms with Crippen LogP contribution >= 0.6 is 0 Å². The van der Waals surface area contributed by atoms with E-state index in [1.165, 1.54) is 6.07 Å². The number of nitrogen functional groups attached to an aromatic ring is 1. The molecule has 2 heterocycles. The number of halogens is 3. The zero-order valence-corrected chi connectivity index (χ0v) is 11.1. The predicted molar refractivity (Wildman–Crippen MR) is 66.7 cm³/mol. The monoisotopic (exact) mass is 310 g/mol. The molecule has 0 atom stereocenters. The summed E-state index contributed by atoms with van der Waals surface area (Å²) in [6.45, 7) is 0. The molecule has 2 rings (SSSR count). The lowest BCUT2D eigenvalue weighted by Crippen LogP contribution is -2.32. The molecule has 1 fully saturated rings. The second kappa shape index (κ2) is 5.08. The van der Waals surface area contributed by atoms with E-state index in [2.05, 4.69) is 15.3 Å². The van der Waals surface area contributed by atoms with Gasteiger partial charge in [0.15, 0.2) is 0 Å². The topological polar surface area (TPSA) is 98.0 Å². The van der Waals surface area contributed by atoms with Crippen LogP contribution in [0.15, 0.2) is 6.07 Å². The van der Waals surface area contributed by atoms with Crippen molar-refractivity contribution in [1.29, 1.82) is 0 Å². The molecular weight excluding hydrogens is 297 g/mol. The molecule has 10 heteroatoms. The number of nitrogens with two attached hydrogens (primary N) is 1. The average molecular weight is 310 g/mol. The number of anilines is 2. The van der Waals surface area contributed by atoms with E-state index in [4.69, 9.17) is 5.73 Å². The molecule has 0 spiro atoms. The predicted octanol–water partition coefficient (Wildman–Crippen LogP) is 1.07. The van der Waals surface area contributed by atoms with Crippen molar-refractivity contribution in [1.82, 2.24) is 9.97 Å². The highest BCUT2D eigenvalue weighted by atomic mass is 32.2. The van der Waals surface area contributed by atoms with Crippen LogP contribution in [-0.2, 0) is 16.0 Å². The summed E-state index contributed by atoms with van der Waals surface area (Å²) in [6.07, 6.45) is -4.02. The fourth-order valence-corrected chi connectivity index (χ4v) is 3.40. The highest BCUT2D eigenvalue weighted by Gasteiger charge is 2.35. The molecule has 1 aliphatic rings. The van der Waals surface area contributed by atoms with Crippen molar-refractivity contribution in [3.63, 3.8) is 0 Å². The van der Waals surface area contributed by atoms with Crippen molar-refractivity contribution < 1.29 is 21.6 Å². The molecule has 112 valence electrons. The number of sulfone groups is 1. The van der Waals surface area contributed by atoms with Crippen LogP contribution in [-0.4, -0.2) is 35.9 Å². The smallest absolute Gasteiger partial charge is 0.384 e. The summed E-state index contributed by atoms with van der Waals surface area (Å²) in [7, 11) is -3.02. The molecule has 1 aromatic heterocycles. The Morgan fingerprint density at radius 2 is 1.85 bits per heavy atom. The maximum absolute atomic E-state index is 12.5. The van der Waals surface area contributed by atoms with Gasteiger partial charge in [-0.15, -0.1) is 0 Å². The van der Waals surface area contributed by atoms with Gasteiger partial charge >= 0.3 is 6.18 Å². The normalized spacial score (nSPS) is 19.8. The average Bonchev–Trinajstić information content (AvgIpc) is 2.30. The van der Waals surface area contributed by atoms with Gasteiger partial charge in [0.1, 0.15) is 21.5 Å². The van der Waals surface area contributed by atoms with E-state index >= 15 is 0 Å². The van der Waals surface area contributed by atoms with Crippen LogP contribution in [0.25, 0.3) is 0 Å². The van der Waals surface area contributed by atoms with Crippen LogP contribution < -0.4 is 11.1 Å². The Hall–Kier alpha value is -1.58. The van der Waals surface area contributed by atoms with Gasteiger partial charge in [0.25, 0.3) is 0 Å². The minimum absolute atomic E-state index is 0.0113. The number of alkyl halides is 3. The maximum atomic E-state index is 12.5. The number of hydrogen-bond acceptors (Lipinski definition) is 6. The van der Waals surface area contributed by atoms with Gasteiger partial charge in [-0.1, -0.05) is 0 Å². The van der Waals surface area contributed by atoms with Crippen LogP contribution in [0.3, 0.4) is 0 Å². The fraction of sp³-hybridized carbons (Fsp3) is 0.600. The van der Waals surface area contributed by atoms with Crippen molar-refractivity contribution in [3.8, 4) is 0 Å². The Kier molecular flexibility index (Phi) is 3.76. The Balaban J connectivity index is 2.12. The molecule has 0 bridgehead atoms. The Bertz CT molecular complexity index is 589. The highest BCUT2D eigenvalue weighted by molar-refractivity contribution is 7.91. The lowest BCUT2D eigenvalue weighted by atomic mass is 10.1. The second-order valence-electron chi connectivity index (χ2n) is 4.57. The second-order valence-corrected chi connectivity index (χ2v) is 6.87. The lowest BCUT2D eigenvalue weighted by molar-refractivity contribution is -0.144. The number of hydrogen-bond donors (Lipinski definition) is 2. The molecule has 1 aromatic rings. The van der Waals surface area contributed by atoms with Gasteiger partial charge in [0.2, 0.25) is 5.82 Å². The zero-order chi connectivity index (χ0) is 15.0. The number of nitrogens with zero attached hydrogens (tertiary/aromatic N) is 2. The summed E-state index contributed by atoms with van der Waals surface area (Å²) in [5.74, 6) is -1.63. The van der Waals surface area contributed by atoms with E-state index in [0.717, 1.165) is 0 Å². The summed E-state index contributed by atoms with van der Waals surface area (Å²) in [6, 6.07) is 0.951. The highest BCUT2D eigenvalue weighted by Crippen LogP contribution is 2.28. The molecular formula is C10H13F3N4O2S. The number of nitrogens with one attached hydrogen (secondary N) is 1. The third kappa shape index (κ3) is 3.71. The van der Waals surface area contributed by atoms with Gasteiger partial charge in [-0.05, 0) is 12.8 Å². The molecule has 1 saturated heterocycles. The van der Waals surface area contributed by atoms with E-state index in [1.54, 1.807) is 0 Å².